The molecule has 3 aromatic carbocycles. The van der Waals surface area contributed by atoms with Crippen LogP contribution in [0.1, 0.15) is 40.8 Å². The average Bonchev–Trinajstić information content (AvgIpc) is 3.30. The molecule has 1 aliphatic heterocycles. The summed E-state index contributed by atoms with van der Waals surface area (Å²) in [4.78, 5) is 19.7. The van der Waals surface area contributed by atoms with Gasteiger partial charge in [-0.3, -0.25) is 4.79 Å². The lowest BCUT2D eigenvalue weighted by molar-refractivity contribution is -0.113. The Morgan fingerprint density at radius 1 is 1.00 bits per heavy atom. The van der Waals surface area contributed by atoms with E-state index in [9.17, 15) is 4.79 Å². The SMILES string of the molecule is CSc1ccc([C@@H]2C(C(=O)Nc3ccc(C)cc3C)=C(C)Nc3nc(SCc4cccc(C)c4)nn32)cc1. The molecule has 1 aromatic heterocycles. The summed E-state index contributed by atoms with van der Waals surface area (Å²) in [5.41, 5.74) is 7.81. The maximum absolute atomic E-state index is 13.8. The number of carbonyl (C=O) groups is 1. The van der Waals surface area contributed by atoms with Crippen LogP contribution in [0.25, 0.3) is 0 Å². The van der Waals surface area contributed by atoms with Gasteiger partial charge >= 0.3 is 0 Å². The van der Waals surface area contributed by atoms with E-state index in [-0.39, 0.29) is 5.91 Å². The van der Waals surface area contributed by atoms with Crippen molar-refractivity contribution in [2.45, 2.75) is 49.5 Å². The zero-order chi connectivity index (χ0) is 26.8. The lowest BCUT2D eigenvalue weighted by atomic mass is 9.95. The van der Waals surface area contributed by atoms with Gasteiger partial charge < -0.3 is 10.6 Å². The number of hydrogen-bond donors (Lipinski definition) is 2. The first-order valence-corrected chi connectivity index (χ1v) is 14.7. The number of allylic oxidation sites excluding steroid dienone is 1. The fourth-order valence-corrected chi connectivity index (χ4v) is 5.85. The van der Waals surface area contributed by atoms with Crippen LogP contribution in [-0.2, 0) is 10.5 Å². The van der Waals surface area contributed by atoms with E-state index in [4.69, 9.17) is 10.1 Å². The number of benzene rings is 3. The van der Waals surface area contributed by atoms with Crippen molar-refractivity contribution in [3.63, 3.8) is 0 Å². The molecule has 1 aliphatic rings. The molecule has 6 nitrogen and oxygen atoms in total. The monoisotopic (exact) mass is 541 g/mol. The molecule has 0 radical (unpaired) electrons. The summed E-state index contributed by atoms with van der Waals surface area (Å²) in [6.07, 6.45) is 2.06. The highest BCUT2D eigenvalue weighted by atomic mass is 32.2. The van der Waals surface area contributed by atoms with E-state index < -0.39 is 6.04 Å². The molecule has 4 aromatic rings. The summed E-state index contributed by atoms with van der Waals surface area (Å²) in [6.45, 7) is 8.08. The molecule has 1 amide bonds. The van der Waals surface area contributed by atoms with Gasteiger partial charge in [-0.1, -0.05) is 71.4 Å². The Hall–Kier alpha value is -3.49. The number of rotatable bonds is 7. The van der Waals surface area contributed by atoms with Crippen molar-refractivity contribution in [3.05, 3.63) is 106 Å². The Labute approximate surface area is 232 Å². The van der Waals surface area contributed by atoms with Crippen molar-refractivity contribution in [1.29, 1.82) is 0 Å². The van der Waals surface area contributed by atoms with E-state index in [0.29, 0.717) is 16.7 Å². The summed E-state index contributed by atoms with van der Waals surface area (Å²) in [5.74, 6) is 1.25. The van der Waals surface area contributed by atoms with Gasteiger partial charge in [0.05, 0.1) is 5.57 Å². The summed E-state index contributed by atoms with van der Waals surface area (Å²) in [7, 11) is 0. The van der Waals surface area contributed by atoms with Crippen molar-refractivity contribution >= 4 is 41.1 Å². The molecule has 0 spiro atoms. The number of aryl methyl sites for hydroxylation is 3. The Balaban J connectivity index is 1.49. The molecule has 0 saturated heterocycles. The largest absolute Gasteiger partial charge is 0.328 e. The summed E-state index contributed by atoms with van der Waals surface area (Å²) < 4.78 is 1.84. The third-order valence-corrected chi connectivity index (χ3v) is 8.24. The standard InChI is InChI=1S/C30H31N5OS2/c1-18-7-6-8-22(16-18)17-38-30-33-29-31-21(4)26(28(36)32-25-14-9-19(2)15-20(25)3)27(35(29)34-30)23-10-12-24(37-5)13-11-23/h6-16,27H,17H2,1-5H3,(H,32,36)(H,31,33,34)/t27-/m1/s1. The maximum Gasteiger partial charge on any atom is 0.255 e. The normalized spacial score (nSPS) is 14.7. The number of nitrogens with zero attached hydrogens (tertiary/aromatic N) is 3. The first-order chi connectivity index (χ1) is 18.3. The first-order valence-electron chi connectivity index (χ1n) is 12.5. The summed E-state index contributed by atoms with van der Waals surface area (Å²) in [5, 5.41) is 12.0. The van der Waals surface area contributed by atoms with E-state index in [2.05, 4.69) is 78.4 Å². The summed E-state index contributed by atoms with van der Waals surface area (Å²) in [6, 6.07) is 22.4. The number of amides is 1. The molecule has 0 aliphatic carbocycles. The van der Waals surface area contributed by atoms with Crippen molar-refractivity contribution in [2.24, 2.45) is 0 Å². The highest BCUT2D eigenvalue weighted by Gasteiger charge is 2.34. The van der Waals surface area contributed by atoms with Gasteiger partial charge in [0, 0.05) is 22.0 Å². The van der Waals surface area contributed by atoms with Gasteiger partial charge in [-0.15, -0.1) is 16.9 Å². The smallest absolute Gasteiger partial charge is 0.255 e. The molecule has 0 unspecified atom stereocenters. The van der Waals surface area contributed by atoms with Crippen LogP contribution in [0.2, 0.25) is 0 Å². The molecule has 194 valence electrons. The molecule has 8 heteroatoms. The average molecular weight is 542 g/mol. The maximum atomic E-state index is 13.8. The Bertz CT molecular complexity index is 1520. The number of carbonyl (C=O) groups excluding carboxylic acids is 1. The van der Waals surface area contributed by atoms with E-state index in [1.54, 1.807) is 23.5 Å². The number of aromatic nitrogens is 3. The Morgan fingerprint density at radius 3 is 2.47 bits per heavy atom. The highest BCUT2D eigenvalue weighted by Crippen LogP contribution is 2.37. The zero-order valence-corrected chi connectivity index (χ0v) is 23.8. The Morgan fingerprint density at radius 2 is 1.76 bits per heavy atom. The van der Waals surface area contributed by atoms with Crippen molar-refractivity contribution < 1.29 is 4.79 Å². The van der Waals surface area contributed by atoms with Crippen LogP contribution in [0.3, 0.4) is 0 Å². The van der Waals surface area contributed by atoms with Crippen LogP contribution in [0.15, 0.2) is 88.1 Å². The minimum Gasteiger partial charge on any atom is -0.328 e. The predicted molar refractivity (Wildman–Crippen MR) is 158 cm³/mol. The van der Waals surface area contributed by atoms with E-state index in [0.717, 1.165) is 38.7 Å². The molecule has 2 N–H and O–H groups in total. The second-order valence-corrected chi connectivity index (χ2v) is 11.4. The minimum atomic E-state index is -0.409. The number of fused-ring (bicyclic) bond motifs is 1. The second-order valence-electron chi connectivity index (χ2n) is 9.55. The summed E-state index contributed by atoms with van der Waals surface area (Å²) >= 11 is 3.28. The highest BCUT2D eigenvalue weighted by molar-refractivity contribution is 7.98. The van der Waals surface area contributed by atoms with Crippen LogP contribution >= 0.6 is 23.5 Å². The molecule has 1 atom stereocenters. The van der Waals surface area contributed by atoms with E-state index in [1.165, 1.54) is 11.1 Å². The fraction of sp³-hybridized carbons (Fsp3) is 0.233. The number of anilines is 2. The minimum absolute atomic E-state index is 0.156. The van der Waals surface area contributed by atoms with E-state index in [1.807, 2.05) is 37.6 Å². The Kier molecular flexibility index (Phi) is 7.63. The van der Waals surface area contributed by atoms with Crippen LogP contribution < -0.4 is 10.6 Å². The molecule has 2 heterocycles. The molecule has 0 fully saturated rings. The van der Waals surface area contributed by atoms with E-state index >= 15 is 0 Å². The fourth-order valence-electron chi connectivity index (χ4n) is 4.67. The van der Waals surface area contributed by atoms with Gasteiger partial charge in [-0.25, -0.2) is 4.68 Å². The first kappa shape index (κ1) is 26.1. The van der Waals surface area contributed by atoms with Crippen LogP contribution in [0, 0.1) is 20.8 Å². The number of thioether (sulfide) groups is 2. The van der Waals surface area contributed by atoms with Gasteiger partial charge in [-0.05, 0) is 68.8 Å². The molecule has 0 saturated carbocycles. The lowest BCUT2D eigenvalue weighted by Gasteiger charge is -2.29. The van der Waals surface area contributed by atoms with Gasteiger partial charge in [0.2, 0.25) is 11.1 Å². The third kappa shape index (κ3) is 5.51. The lowest BCUT2D eigenvalue weighted by Crippen LogP contribution is -2.31. The van der Waals surface area contributed by atoms with Gasteiger partial charge in [0.25, 0.3) is 5.91 Å². The van der Waals surface area contributed by atoms with Crippen molar-refractivity contribution in [3.8, 4) is 0 Å². The quantitative estimate of drug-likeness (QED) is 0.242. The van der Waals surface area contributed by atoms with Crippen molar-refractivity contribution in [1.82, 2.24) is 14.8 Å². The van der Waals surface area contributed by atoms with Crippen LogP contribution in [-0.4, -0.2) is 26.9 Å². The third-order valence-electron chi connectivity index (χ3n) is 6.59. The molecular weight excluding hydrogens is 510 g/mol. The van der Waals surface area contributed by atoms with Gasteiger partial charge in [0.1, 0.15) is 6.04 Å². The second kappa shape index (κ2) is 11.1. The predicted octanol–water partition coefficient (Wildman–Crippen LogP) is 7.15. The molecule has 0 bridgehead atoms. The zero-order valence-electron chi connectivity index (χ0n) is 22.2. The van der Waals surface area contributed by atoms with Crippen LogP contribution in [0.4, 0.5) is 11.6 Å². The van der Waals surface area contributed by atoms with Crippen LogP contribution in [0.5, 0.6) is 0 Å². The van der Waals surface area contributed by atoms with Gasteiger partial charge in [-0.2, -0.15) is 4.98 Å². The number of hydrogen-bond acceptors (Lipinski definition) is 6. The molecule has 5 rings (SSSR count). The molecular formula is C30H31N5OS2. The molecule has 38 heavy (non-hydrogen) atoms. The van der Waals surface area contributed by atoms with Gasteiger partial charge in [0.15, 0.2) is 0 Å². The van der Waals surface area contributed by atoms with Crippen molar-refractivity contribution in [2.75, 3.05) is 16.9 Å². The number of nitrogens with one attached hydrogen (secondary N) is 2. The topological polar surface area (TPSA) is 71.8 Å².